The number of hydrogen-bond donors (Lipinski definition) is 1. The summed E-state index contributed by atoms with van der Waals surface area (Å²) >= 11 is 1.43. The smallest absolute Gasteiger partial charge is 0.259 e. The molecule has 2 fully saturated rings. The van der Waals surface area contributed by atoms with E-state index in [0.717, 1.165) is 55.5 Å². The Bertz CT molecular complexity index is 909. The largest absolute Gasteiger partial charge is 0.377 e. The molecule has 0 radical (unpaired) electrons. The molecule has 2 aromatic rings. The number of anilines is 1. The van der Waals surface area contributed by atoms with Gasteiger partial charge in [-0.25, -0.2) is 0 Å². The van der Waals surface area contributed by atoms with Crippen molar-refractivity contribution in [1.82, 2.24) is 20.1 Å². The molecule has 31 heavy (non-hydrogen) atoms. The average molecular weight is 444 g/mol. The number of carbonyl (C=O) groups excluding carboxylic acids is 1. The van der Waals surface area contributed by atoms with Gasteiger partial charge in [0.15, 0.2) is 0 Å². The molecule has 4 rings (SSSR count). The SMILES string of the molecule is Cc1ccc(C(=O)Nc2nnc(C(C)(C)C)s2)c(C2CCN(CC3CCCO3)CC2)n1. The van der Waals surface area contributed by atoms with Gasteiger partial charge >= 0.3 is 0 Å². The second kappa shape index (κ2) is 9.30. The first kappa shape index (κ1) is 22.3. The number of piperidine rings is 1. The summed E-state index contributed by atoms with van der Waals surface area (Å²) in [5.74, 6) is 0.141. The number of hydrogen-bond acceptors (Lipinski definition) is 7. The number of likely N-dealkylation sites (tertiary alicyclic amines) is 1. The minimum atomic E-state index is -0.152. The Morgan fingerprint density at radius 1 is 1.23 bits per heavy atom. The quantitative estimate of drug-likeness (QED) is 0.748. The summed E-state index contributed by atoms with van der Waals surface area (Å²) in [5.41, 5.74) is 2.42. The summed E-state index contributed by atoms with van der Waals surface area (Å²) in [7, 11) is 0. The lowest BCUT2D eigenvalue weighted by molar-refractivity contribution is 0.0641. The van der Waals surface area contributed by atoms with E-state index >= 15 is 0 Å². The Morgan fingerprint density at radius 2 is 2.00 bits per heavy atom. The molecule has 1 atom stereocenters. The summed E-state index contributed by atoms with van der Waals surface area (Å²) in [4.78, 5) is 20.4. The molecule has 8 heteroatoms. The molecule has 0 aromatic carbocycles. The lowest BCUT2D eigenvalue weighted by Gasteiger charge is -2.33. The van der Waals surface area contributed by atoms with Crippen molar-refractivity contribution in [3.63, 3.8) is 0 Å². The van der Waals surface area contributed by atoms with E-state index in [2.05, 4.69) is 41.2 Å². The van der Waals surface area contributed by atoms with Gasteiger partial charge in [0.05, 0.1) is 17.4 Å². The van der Waals surface area contributed by atoms with Crippen molar-refractivity contribution in [3.05, 3.63) is 34.1 Å². The van der Waals surface area contributed by atoms with Gasteiger partial charge < -0.3 is 9.64 Å². The van der Waals surface area contributed by atoms with E-state index in [4.69, 9.17) is 9.72 Å². The molecule has 0 spiro atoms. The number of nitrogens with one attached hydrogen (secondary N) is 1. The predicted molar refractivity (Wildman–Crippen MR) is 123 cm³/mol. The fourth-order valence-corrected chi connectivity index (χ4v) is 5.08. The maximum atomic E-state index is 13.1. The minimum Gasteiger partial charge on any atom is -0.377 e. The van der Waals surface area contributed by atoms with E-state index in [1.54, 1.807) is 0 Å². The van der Waals surface area contributed by atoms with Crippen LogP contribution in [0.25, 0.3) is 0 Å². The molecule has 2 saturated heterocycles. The van der Waals surface area contributed by atoms with Crippen molar-refractivity contribution in [1.29, 1.82) is 0 Å². The highest BCUT2D eigenvalue weighted by Gasteiger charge is 2.28. The molecule has 1 amide bonds. The Labute approximate surface area is 188 Å². The zero-order valence-electron chi connectivity index (χ0n) is 19.0. The number of ether oxygens (including phenoxy) is 1. The van der Waals surface area contributed by atoms with Gasteiger partial charge in [0.2, 0.25) is 5.13 Å². The monoisotopic (exact) mass is 443 g/mol. The molecule has 168 valence electrons. The van der Waals surface area contributed by atoms with Gasteiger partial charge in [-0.05, 0) is 57.8 Å². The predicted octanol–water partition coefficient (Wildman–Crippen LogP) is 4.15. The number of amides is 1. The number of aromatic nitrogens is 3. The molecule has 0 aliphatic carbocycles. The van der Waals surface area contributed by atoms with Crippen LogP contribution in [0.5, 0.6) is 0 Å². The van der Waals surface area contributed by atoms with Crippen molar-refractivity contribution in [2.24, 2.45) is 0 Å². The molecular weight excluding hydrogens is 410 g/mol. The summed E-state index contributed by atoms with van der Waals surface area (Å²) in [6.45, 7) is 12.2. The van der Waals surface area contributed by atoms with Crippen LogP contribution in [-0.2, 0) is 10.2 Å². The van der Waals surface area contributed by atoms with Crippen molar-refractivity contribution in [2.75, 3.05) is 31.6 Å². The van der Waals surface area contributed by atoms with E-state index in [1.165, 1.54) is 24.2 Å². The third kappa shape index (κ3) is 5.48. The number of carbonyl (C=O) groups is 1. The highest BCUT2D eigenvalue weighted by Crippen LogP contribution is 2.32. The standard InChI is InChI=1S/C23H33N5O2S/c1-15-7-8-18(20(29)25-22-27-26-21(31-22)23(2,3)4)19(24-15)16-9-11-28(12-10-16)14-17-6-5-13-30-17/h7-8,16-17H,5-6,9-14H2,1-4H3,(H,25,27,29). The van der Waals surface area contributed by atoms with Crippen LogP contribution >= 0.6 is 11.3 Å². The van der Waals surface area contributed by atoms with Crippen molar-refractivity contribution in [3.8, 4) is 0 Å². The number of pyridine rings is 1. The number of nitrogens with zero attached hydrogens (tertiary/aromatic N) is 4. The first-order chi connectivity index (χ1) is 14.8. The molecule has 1 unspecified atom stereocenters. The first-order valence-corrected chi connectivity index (χ1v) is 12.1. The van der Waals surface area contributed by atoms with Gasteiger partial charge in [0.25, 0.3) is 5.91 Å². The van der Waals surface area contributed by atoms with E-state index in [9.17, 15) is 4.79 Å². The number of aryl methyl sites for hydroxylation is 1. The molecule has 2 aliphatic rings. The van der Waals surface area contributed by atoms with Crippen molar-refractivity contribution < 1.29 is 9.53 Å². The van der Waals surface area contributed by atoms with Crippen molar-refractivity contribution in [2.45, 2.75) is 70.8 Å². The summed E-state index contributed by atoms with van der Waals surface area (Å²) in [5, 5.41) is 12.8. The molecule has 7 nitrogen and oxygen atoms in total. The van der Waals surface area contributed by atoms with E-state index in [-0.39, 0.29) is 11.3 Å². The van der Waals surface area contributed by atoms with Gasteiger partial charge in [-0.2, -0.15) is 0 Å². The van der Waals surface area contributed by atoms with Crippen LogP contribution in [0.1, 0.15) is 79.1 Å². The zero-order chi connectivity index (χ0) is 22.0. The summed E-state index contributed by atoms with van der Waals surface area (Å²) in [6, 6.07) is 3.81. The molecule has 2 aromatic heterocycles. The second-order valence-electron chi connectivity index (χ2n) is 9.71. The molecule has 2 aliphatic heterocycles. The Morgan fingerprint density at radius 3 is 2.65 bits per heavy atom. The molecule has 0 saturated carbocycles. The first-order valence-electron chi connectivity index (χ1n) is 11.3. The fraction of sp³-hybridized carbons (Fsp3) is 0.652. The van der Waals surface area contributed by atoms with Gasteiger partial charge in [0.1, 0.15) is 5.01 Å². The van der Waals surface area contributed by atoms with Gasteiger partial charge in [-0.15, -0.1) is 10.2 Å². The van der Waals surface area contributed by atoms with Crippen LogP contribution in [0.4, 0.5) is 5.13 Å². The topological polar surface area (TPSA) is 80.2 Å². The van der Waals surface area contributed by atoms with Crippen LogP contribution in [0.15, 0.2) is 12.1 Å². The number of rotatable bonds is 5. The highest BCUT2D eigenvalue weighted by atomic mass is 32.1. The van der Waals surface area contributed by atoms with Crippen LogP contribution in [0.3, 0.4) is 0 Å². The lowest BCUT2D eigenvalue weighted by Crippen LogP contribution is -2.38. The van der Waals surface area contributed by atoms with Gasteiger partial charge in [-0.1, -0.05) is 32.1 Å². The third-order valence-electron chi connectivity index (χ3n) is 6.06. The maximum absolute atomic E-state index is 13.1. The Balaban J connectivity index is 1.44. The molecular formula is C23H33N5O2S. The van der Waals surface area contributed by atoms with Crippen LogP contribution < -0.4 is 5.32 Å². The maximum Gasteiger partial charge on any atom is 0.259 e. The molecule has 1 N–H and O–H groups in total. The van der Waals surface area contributed by atoms with E-state index in [1.807, 2.05) is 19.1 Å². The normalized spacial score (nSPS) is 20.8. The summed E-state index contributed by atoms with van der Waals surface area (Å²) in [6.07, 6.45) is 4.76. The van der Waals surface area contributed by atoms with Crippen molar-refractivity contribution >= 4 is 22.4 Å². The molecule has 0 bridgehead atoms. The minimum absolute atomic E-state index is 0.0886. The third-order valence-corrected chi connectivity index (χ3v) is 7.32. The second-order valence-corrected chi connectivity index (χ2v) is 10.7. The van der Waals surface area contributed by atoms with Crippen LogP contribution in [0, 0.1) is 6.92 Å². The van der Waals surface area contributed by atoms with Gasteiger partial charge in [-0.3, -0.25) is 15.1 Å². The molecule has 4 heterocycles. The average Bonchev–Trinajstić information content (AvgIpc) is 3.40. The van der Waals surface area contributed by atoms with E-state index < -0.39 is 0 Å². The Kier molecular flexibility index (Phi) is 6.69. The fourth-order valence-electron chi connectivity index (χ4n) is 4.29. The summed E-state index contributed by atoms with van der Waals surface area (Å²) < 4.78 is 5.80. The van der Waals surface area contributed by atoms with Crippen LogP contribution in [0.2, 0.25) is 0 Å². The van der Waals surface area contributed by atoms with Gasteiger partial charge in [0, 0.05) is 30.2 Å². The highest BCUT2D eigenvalue weighted by molar-refractivity contribution is 7.15. The Hall–Kier alpha value is -1.90. The zero-order valence-corrected chi connectivity index (χ0v) is 19.8. The van der Waals surface area contributed by atoms with E-state index in [0.29, 0.717) is 22.7 Å². The lowest BCUT2D eigenvalue weighted by atomic mass is 9.89. The van der Waals surface area contributed by atoms with Crippen LogP contribution in [-0.4, -0.2) is 58.3 Å².